The van der Waals surface area contributed by atoms with E-state index in [1.807, 2.05) is 0 Å². The summed E-state index contributed by atoms with van der Waals surface area (Å²) in [6.45, 7) is 0.464. The topological polar surface area (TPSA) is 76.7 Å². The second-order valence-corrected chi connectivity index (χ2v) is 3.27. The first-order valence-electron chi connectivity index (χ1n) is 3.81. The molecule has 7 heteroatoms. The molecule has 0 amide bonds. The summed E-state index contributed by atoms with van der Waals surface area (Å²) in [5.74, 6) is 1.28. The third kappa shape index (κ3) is 2.05. The minimum Gasteiger partial charge on any atom is -0.362 e. The van der Waals surface area contributed by atoms with Gasteiger partial charge in [-0.15, -0.1) is 0 Å². The van der Waals surface area contributed by atoms with E-state index in [-0.39, 0.29) is 0 Å². The number of hydrogen-bond donors (Lipinski definition) is 1. The zero-order valence-electron chi connectivity index (χ0n) is 7.01. The smallest absolute Gasteiger partial charge is 0.213 e. The van der Waals surface area contributed by atoms with Crippen LogP contribution in [0.3, 0.4) is 0 Å². The summed E-state index contributed by atoms with van der Waals surface area (Å²) in [7, 11) is 0. The van der Waals surface area contributed by atoms with Gasteiger partial charge in [-0.1, -0.05) is 5.16 Å². The Morgan fingerprint density at radius 3 is 3.07 bits per heavy atom. The normalized spacial score (nSPS) is 10.1. The molecule has 0 aliphatic carbocycles. The van der Waals surface area contributed by atoms with Gasteiger partial charge in [-0.2, -0.15) is 4.98 Å². The second-order valence-electron chi connectivity index (χ2n) is 2.42. The standard InChI is InChI=1S/C7H6BrN5O/c8-5-1-9-3-11-7(5)10-2-6-12-4-14-13-6/h1,3-4H,2H2,(H,9,10,11). The van der Waals surface area contributed by atoms with Gasteiger partial charge in [0.15, 0.2) is 5.82 Å². The van der Waals surface area contributed by atoms with Gasteiger partial charge in [-0.05, 0) is 15.9 Å². The highest BCUT2D eigenvalue weighted by atomic mass is 79.9. The number of rotatable bonds is 3. The van der Waals surface area contributed by atoms with E-state index in [1.54, 1.807) is 6.20 Å². The van der Waals surface area contributed by atoms with Crippen LogP contribution < -0.4 is 5.32 Å². The molecule has 0 aliphatic rings. The molecule has 0 atom stereocenters. The molecule has 0 fully saturated rings. The molecule has 0 bridgehead atoms. The van der Waals surface area contributed by atoms with Gasteiger partial charge in [0.25, 0.3) is 0 Å². The minimum atomic E-state index is 0.464. The number of hydrogen-bond acceptors (Lipinski definition) is 6. The average Bonchev–Trinajstić information content (AvgIpc) is 2.69. The number of nitrogens with one attached hydrogen (secondary N) is 1. The van der Waals surface area contributed by atoms with Crippen molar-refractivity contribution >= 4 is 21.7 Å². The highest BCUT2D eigenvalue weighted by molar-refractivity contribution is 9.10. The van der Waals surface area contributed by atoms with Gasteiger partial charge >= 0.3 is 0 Å². The van der Waals surface area contributed by atoms with Gasteiger partial charge < -0.3 is 9.84 Å². The Bertz CT molecular complexity index is 404. The van der Waals surface area contributed by atoms with Crippen LogP contribution in [0.15, 0.2) is 27.9 Å². The summed E-state index contributed by atoms with van der Waals surface area (Å²) in [5, 5.41) is 6.69. The van der Waals surface area contributed by atoms with Crippen molar-refractivity contribution in [2.24, 2.45) is 0 Å². The van der Waals surface area contributed by atoms with E-state index in [1.165, 1.54) is 12.7 Å². The molecule has 0 saturated heterocycles. The van der Waals surface area contributed by atoms with E-state index in [0.29, 0.717) is 18.2 Å². The number of halogens is 1. The summed E-state index contributed by atoms with van der Waals surface area (Å²) < 4.78 is 5.38. The molecule has 72 valence electrons. The van der Waals surface area contributed by atoms with Gasteiger partial charge in [0.1, 0.15) is 12.1 Å². The van der Waals surface area contributed by atoms with Crippen LogP contribution in [0.25, 0.3) is 0 Å². The fourth-order valence-corrected chi connectivity index (χ4v) is 1.24. The Hall–Kier alpha value is -1.50. The van der Waals surface area contributed by atoms with Crippen molar-refractivity contribution < 1.29 is 4.52 Å². The van der Waals surface area contributed by atoms with Crippen molar-refractivity contribution in [1.82, 2.24) is 20.1 Å². The van der Waals surface area contributed by atoms with Crippen LogP contribution in [0, 0.1) is 0 Å². The Morgan fingerprint density at radius 1 is 1.43 bits per heavy atom. The van der Waals surface area contributed by atoms with Gasteiger partial charge in [-0.25, -0.2) is 9.97 Å². The lowest BCUT2D eigenvalue weighted by Gasteiger charge is -2.02. The maximum atomic E-state index is 4.59. The summed E-state index contributed by atoms with van der Waals surface area (Å²) in [5.41, 5.74) is 0. The molecule has 2 aromatic rings. The first-order chi connectivity index (χ1) is 6.86. The SMILES string of the molecule is Brc1cncnc1NCc1ncon1. The molecule has 2 rings (SSSR count). The summed E-state index contributed by atoms with van der Waals surface area (Å²) in [4.78, 5) is 11.7. The van der Waals surface area contributed by atoms with Crippen LogP contribution in [0.2, 0.25) is 0 Å². The van der Waals surface area contributed by atoms with E-state index in [2.05, 4.69) is 45.9 Å². The van der Waals surface area contributed by atoms with Gasteiger partial charge in [-0.3, -0.25) is 0 Å². The number of nitrogens with zero attached hydrogens (tertiary/aromatic N) is 4. The zero-order valence-corrected chi connectivity index (χ0v) is 8.60. The van der Waals surface area contributed by atoms with Crippen molar-refractivity contribution in [3.63, 3.8) is 0 Å². The van der Waals surface area contributed by atoms with E-state index in [4.69, 9.17) is 0 Å². The van der Waals surface area contributed by atoms with Gasteiger partial charge in [0, 0.05) is 6.20 Å². The molecule has 2 heterocycles. The van der Waals surface area contributed by atoms with Crippen molar-refractivity contribution in [1.29, 1.82) is 0 Å². The van der Waals surface area contributed by atoms with Crippen LogP contribution in [-0.4, -0.2) is 20.1 Å². The molecule has 14 heavy (non-hydrogen) atoms. The molecule has 2 aromatic heterocycles. The Morgan fingerprint density at radius 2 is 2.36 bits per heavy atom. The van der Waals surface area contributed by atoms with Gasteiger partial charge in [0.05, 0.1) is 11.0 Å². The molecule has 0 spiro atoms. The molecule has 0 unspecified atom stereocenters. The quantitative estimate of drug-likeness (QED) is 0.890. The highest BCUT2D eigenvalue weighted by Crippen LogP contribution is 2.17. The molecule has 6 nitrogen and oxygen atoms in total. The first kappa shape index (κ1) is 9.07. The lowest BCUT2D eigenvalue weighted by Crippen LogP contribution is -2.03. The van der Waals surface area contributed by atoms with Crippen molar-refractivity contribution in [3.8, 4) is 0 Å². The molecule has 0 saturated carbocycles. The Labute approximate surface area is 87.9 Å². The predicted molar refractivity (Wildman–Crippen MR) is 51.4 cm³/mol. The number of anilines is 1. The predicted octanol–water partition coefficient (Wildman–Crippen LogP) is 1.23. The molecular weight excluding hydrogens is 250 g/mol. The summed E-state index contributed by atoms with van der Waals surface area (Å²) in [6, 6.07) is 0. The lowest BCUT2D eigenvalue weighted by molar-refractivity contribution is 0.411. The second kappa shape index (κ2) is 4.14. The molecular formula is C7H6BrN5O. The maximum Gasteiger partial charge on any atom is 0.213 e. The van der Waals surface area contributed by atoms with E-state index in [0.717, 1.165) is 4.47 Å². The van der Waals surface area contributed by atoms with Crippen molar-refractivity contribution in [2.45, 2.75) is 6.54 Å². The van der Waals surface area contributed by atoms with Crippen LogP contribution in [0.1, 0.15) is 5.82 Å². The van der Waals surface area contributed by atoms with Crippen LogP contribution in [-0.2, 0) is 6.54 Å². The van der Waals surface area contributed by atoms with Crippen LogP contribution in [0.5, 0.6) is 0 Å². The highest BCUT2D eigenvalue weighted by Gasteiger charge is 2.02. The summed E-state index contributed by atoms with van der Waals surface area (Å²) >= 11 is 3.31. The molecule has 1 N–H and O–H groups in total. The molecule has 0 aliphatic heterocycles. The minimum absolute atomic E-state index is 0.464. The fraction of sp³-hybridized carbons (Fsp3) is 0.143. The third-order valence-corrected chi connectivity index (χ3v) is 2.07. The molecule has 0 radical (unpaired) electrons. The van der Waals surface area contributed by atoms with Crippen LogP contribution >= 0.6 is 15.9 Å². The van der Waals surface area contributed by atoms with Crippen molar-refractivity contribution in [2.75, 3.05) is 5.32 Å². The number of aromatic nitrogens is 4. The molecule has 0 aromatic carbocycles. The van der Waals surface area contributed by atoms with Gasteiger partial charge in [0.2, 0.25) is 6.39 Å². The largest absolute Gasteiger partial charge is 0.362 e. The van der Waals surface area contributed by atoms with E-state index in [9.17, 15) is 0 Å². The van der Waals surface area contributed by atoms with Crippen LogP contribution in [0.4, 0.5) is 5.82 Å². The zero-order chi connectivity index (χ0) is 9.80. The summed E-state index contributed by atoms with van der Waals surface area (Å²) in [6.07, 6.45) is 4.40. The lowest BCUT2D eigenvalue weighted by atomic mass is 10.5. The Kier molecular flexibility index (Phi) is 2.68. The first-order valence-corrected chi connectivity index (χ1v) is 4.60. The van der Waals surface area contributed by atoms with E-state index >= 15 is 0 Å². The van der Waals surface area contributed by atoms with E-state index < -0.39 is 0 Å². The monoisotopic (exact) mass is 255 g/mol. The average molecular weight is 256 g/mol. The Balaban J connectivity index is 2.02. The van der Waals surface area contributed by atoms with Crippen molar-refractivity contribution in [3.05, 3.63) is 29.2 Å². The fourth-order valence-electron chi connectivity index (χ4n) is 0.876. The third-order valence-electron chi connectivity index (χ3n) is 1.49. The maximum absolute atomic E-state index is 4.59.